The minimum Gasteiger partial charge on any atom is -0.456 e. The fourth-order valence-electron chi connectivity index (χ4n) is 2.87. The molecule has 0 radical (unpaired) electrons. The summed E-state index contributed by atoms with van der Waals surface area (Å²) in [6, 6.07) is 12.8. The van der Waals surface area contributed by atoms with Gasteiger partial charge in [0.25, 0.3) is 5.56 Å². The van der Waals surface area contributed by atoms with Crippen molar-refractivity contribution in [3.05, 3.63) is 69.0 Å². The molecule has 0 aliphatic rings. The van der Waals surface area contributed by atoms with Crippen LogP contribution in [0.25, 0.3) is 22.0 Å². The van der Waals surface area contributed by atoms with E-state index in [1.807, 2.05) is 31.2 Å². The number of nitrogens with one attached hydrogen (secondary N) is 1. The summed E-state index contributed by atoms with van der Waals surface area (Å²) in [4.78, 5) is 28.3. The van der Waals surface area contributed by atoms with Gasteiger partial charge in [0.1, 0.15) is 11.2 Å². The zero-order valence-corrected chi connectivity index (χ0v) is 15.9. The van der Waals surface area contributed by atoms with E-state index in [1.54, 1.807) is 39.0 Å². The number of hydrogen-bond donors (Lipinski definition) is 1. The maximum Gasteiger partial charge on any atom is 0.344 e. The smallest absolute Gasteiger partial charge is 0.344 e. The van der Waals surface area contributed by atoms with Crippen molar-refractivity contribution < 1.29 is 9.53 Å². The number of carbonyl (C=O) groups is 1. The molecule has 0 bridgehead atoms. The maximum atomic E-state index is 12.8. The lowest BCUT2D eigenvalue weighted by molar-refractivity contribution is 0.00687. The lowest BCUT2D eigenvalue weighted by Crippen LogP contribution is -2.29. The first-order valence-corrected chi connectivity index (χ1v) is 8.69. The second-order valence-corrected chi connectivity index (χ2v) is 7.70. The summed E-state index contributed by atoms with van der Waals surface area (Å²) in [5, 5.41) is 1.30. The van der Waals surface area contributed by atoms with E-state index in [2.05, 4.69) is 4.98 Å². The number of esters is 1. The van der Waals surface area contributed by atoms with Crippen molar-refractivity contribution in [3.8, 4) is 11.1 Å². The average molecular weight is 370 g/mol. The van der Waals surface area contributed by atoms with Gasteiger partial charge in [0, 0.05) is 21.5 Å². The van der Waals surface area contributed by atoms with Gasteiger partial charge in [-0.3, -0.25) is 4.79 Å². The Labute approximate surface area is 156 Å². The molecule has 0 fully saturated rings. The van der Waals surface area contributed by atoms with E-state index in [4.69, 9.17) is 16.3 Å². The van der Waals surface area contributed by atoms with Gasteiger partial charge in [-0.15, -0.1) is 0 Å². The first-order chi connectivity index (χ1) is 12.2. The molecule has 3 aromatic rings. The standard InChI is InChI=1S/C21H20ClNO3/c1-12-8-9-16-15(10-12)17(13-6-5-7-14(22)11-13)18(19(24)23-16)20(25)26-21(2,3)4/h5-11H,1-4H3,(H,23,24). The summed E-state index contributed by atoms with van der Waals surface area (Å²) in [7, 11) is 0. The molecule has 0 aliphatic heterocycles. The molecule has 0 atom stereocenters. The molecule has 3 rings (SSSR count). The van der Waals surface area contributed by atoms with E-state index in [-0.39, 0.29) is 5.56 Å². The highest BCUT2D eigenvalue weighted by molar-refractivity contribution is 6.31. The highest BCUT2D eigenvalue weighted by Gasteiger charge is 2.26. The number of fused-ring (bicyclic) bond motifs is 1. The van der Waals surface area contributed by atoms with E-state index >= 15 is 0 Å². The average Bonchev–Trinajstić information content (AvgIpc) is 2.52. The Morgan fingerprint density at radius 3 is 2.50 bits per heavy atom. The quantitative estimate of drug-likeness (QED) is 0.638. The van der Waals surface area contributed by atoms with Crippen LogP contribution in [0.15, 0.2) is 47.3 Å². The van der Waals surface area contributed by atoms with Crippen LogP contribution in [-0.2, 0) is 4.74 Å². The molecule has 0 saturated heterocycles. The number of hydrogen-bond acceptors (Lipinski definition) is 3. The van der Waals surface area contributed by atoms with Crippen molar-refractivity contribution in [3.63, 3.8) is 0 Å². The first kappa shape index (κ1) is 18.2. The predicted molar refractivity (Wildman–Crippen MR) is 105 cm³/mol. The summed E-state index contributed by atoms with van der Waals surface area (Å²) in [6.07, 6.45) is 0. The normalized spacial score (nSPS) is 11.6. The molecule has 0 spiro atoms. The van der Waals surface area contributed by atoms with Crippen LogP contribution in [0, 0.1) is 6.92 Å². The molecule has 0 saturated carbocycles. The Kier molecular flexibility index (Phi) is 4.63. The summed E-state index contributed by atoms with van der Waals surface area (Å²) in [6.45, 7) is 7.26. The monoisotopic (exact) mass is 369 g/mol. The van der Waals surface area contributed by atoms with E-state index < -0.39 is 17.1 Å². The molecule has 1 heterocycles. The third-order valence-electron chi connectivity index (χ3n) is 3.89. The number of aryl methyl sites for hydroxylation is 1. The van der Waals surface area contributed by atoms with Crippen LogP contribution in [0.4, 0.5) is 0 Å². The van der Waals surface area contributed by atoms with E-state index in [9.17, 15) is 9.59 Å². The molecule has 1 N–H and O–H groups in total. The van der Waals surface area contributed by atoms with Crippen molar-refractivity contribution in [1.82, 2.24) is 4.98 Å². The number of pyridine rings is 1. The van der Waals surface area contributed by atoms with Gasteiger partial charge in [0.05, 0.1) is 0 Å². The number of H-pyrrole nitrogens is 1. The van der Waals surface area contributed by atoms with E-state index in [0.29, 0.717) is 21.7 Å². The summed E-state index contributed by atoms with van der Waals surface area (Å²) < 4.78 is 5.48. The molecule has 0 amide bonds. The summed E-state index contributed by atoms with van der Waals surface area (Å²) in [5.41, 5.74) is 1.69. The predicted octanol–water partition coefficient (Wildman–Crippen LogP) is 5.11. The molecule has 1 aromatic heterocycles. The third-order valence-corrected chi connectivity index (χ3v) is 4.12. The number of aromatic amines is 1. The zero-order chi connectivity index (χ0) is 19.1. The van der Waals surface area contributed by atoms with Crippen molar-refractivity contribution in [2.45, 2.75) is 33.3 Å². The molecule has 4 nitrogen and oxygen atoms in total. The fraction of sp³-hybridized carbons (Fsp3) is 0.238. The van der Waals surface area contributed by atoms with Gasteiger partial charge >= 0.3 is 5.97 Å². The van der Waals surface area contributed by atoms with Gasteiger partial charge in [-0.2, -0.15) is 0 Å². The fourth-order valence-corrected chi connectivity index (χ4v) is 3.06. The van der Waals surface area contributed by atoms with Crippen LogP contribution in [-0.4, -0.2) is 16.6 Å². The van der Waals surface area contributed by atoms with Gasteiger partial charge in [-0.1, -0.05) is 35.4 Å². The minimum atomic E-state index is -0.712. The first-order valence-electron chi connectivity index (χ1n) is 8.31. The molecular formula is C21H20ClNO3. The van der Waals surface area contributed by atoms with E-state index in [0.717, 1.165) is 10.9 Å². The number of rotatable bonds is 2. The number of carbonyl (C=O) groups excluding carboxylic acids is 1. The Morgan fingerprint density at radius 1 is 1.12 bits per heavy atom. The SMILES string of the molecule is Cc1ccc2[nH]c(=O)c(C(=O)OC(C)(C)C)c(-c3cccc(Cl)c3)c2c1. The molecular weight excluding hydrogens is 350 g/mol. The van der Waals surface area contributed by atoms with Crippen molar-refractivity contribution in [2.75, 3.05) is 0 Å². The molecule has 5 heteroatoms. The zero-order valence-electron chi connectivity index (χ0n) is 15.1. The Hall–Kier alpha value is -2.59. The van der Waals surface area contributed by atoms with Gasteiger partial charge in [0.2, 0.25) is 0 Å². The van der Waals surface area contributed by atoms with Crippen LogP contribution in [0.3, 0.4) is 0 Å². The number of ether oxygens (including phenoxy) is 1. The molecule has 0 aliphatic carbocycles. The molecule has 2 aromatic carbocycles. The van der Waals surface area contributed by atoms with Crippen molar-refractivity contribution >= 4 is 28.5 Å². The Morgan fingerprint density at radius 2 is 1.85 bits per heavy atom. The highest BCUT2D eigenvalue weighted by atomic mass is 35.5. The second kappa shape index (κ2) is 6.61. The van der Waals surface area contributed by atoms with Crippen molar-refractivity contribution in [1.29, 1.82) is 0 Å². The van der Waals surface area contributed by atoms with Gasteiger partial charge in [0.15, 0.2) is 0 Å². The molecule has 134 valence electrons. The molecule has 26 heavy (non-hydrogen) atoms. The minimum absolute atomic E-state index is 0.0136. The maximum absolute atomic E-state index is 12.8. The van der Waals surface area contributed by atoms with Crippen LogP contribution >= 0.6 is 11.6 Å². The van der Waals surface area contributed by atoms with Crippen LogP contribution < -0.4 is 5.56 Å². The third kappa shape index (κ3) is 3.65. The van der Waals surface area contributed by atoms with Gasteiger partial charge in [-0.25, -0.2) is 4.79 Å². The summed E-state index contributed by atoms with van der Waals surface area (Å²) >= 11 is 6.15. The largest absolute Gasteiger partial charge is 0.456 e. The second-order valence-electron chi connectivity index (χ2n) is 7.27. The lowest BCUT2D eigenvalue weighted by atomic mass is 9.95. The number of halogens is 1. The van der Waals surface area contributed by atoms with Gasteiger partial charge in [-0.05, 0) is 57.5 Å². The number of benzene rings is 2. The van der Waals surface area contributed by atoms with Crippen LogP contribution in [0.2, 0.25) is 5.02 Å². The highest BCUT2D eigenvalue weighted by Crippen LogP contribution is 2.32. The molecule has 0 unspecified atom stereocenters. The topological polar surface area (TPSA) is 59.2 Å². The van der Waals surface area contributed by atoms with Crippen LogP contribution in [0.1, 0.15) is 36.7 Å². The number of aromatic nitrogens is 1. The van der Waals surface area contributed by atoms with Crippen LogP contribution in [0.5, 0.6) is 0 Å². The Bertz CT molecular complexity index is 1060. The summed E-state index contributed by atoms with van der Waals surface area (Å²) in [5.74, 6) is -0.655. The Balaban J connectivity index is 2.39. The van der Waals surface area contributed by atoms with E-state index in [1.165, 1.54) is 0 Å². The van der Waals surface area contributed by atoms with Crippen molar-refractivity contribution in [2.24, 2.45) is 0 Å². The van der Waals surface area contributed by atoms with Gasteiger partial charge < -0.3 is 9.72 Å². The lowest BCUT2D eigenvalue weighted by Gasteiger charge is -2.21.